The zero-order valence-corrected chi connectivity index (χ0v) is 20.2. The first-order chi connectivity index (χ1) is 13.6. The minimum absolute atomic E-state index is 0.243. The fraction of sp³-hybridized carbons (Fsp3) is 0.962. The minimum atomic E-state index is 0.243. The van der Waals surface area contributed by atoms with Gasteiger partial charge in [-0.15, -0.1) is 0 Å². The minimum Gasteiger partial charge on any atom is -0.343 e. The Morgan fingerprint density at radius 3 is 2.21 bits per heavy atom. The molecule has 0 N–H and O–H groups in total. The molecule has 0 aromatic heterocycles. The largest absolute Gasteiger partial charge is 0.343 e. The van der Waals surface area contributed by atoms with Crippen LogP contribution < -0.4 is 0 Å². The first-order valence-electron chi connectivity index (χ1n) is 12.5. The normalized spacial score (nSPS) is 47.9. The zero-order valence-electron chi connectivity index (χ0n) is 20.2. The van der Waals surface area contributed by atoms with Gasteiger partial charge < -0.3 is 9.80 Å². The van der Waals surface area contributed by atoms with Gasteiger partial charge in [-0.25, -0.2) is 0 Å². The Kier molecular flexibility index (Phi) is 5.63. The highest BCUT2D eigenvalue weighted by molar-refractivity contribution is 5.73. The SMILES string of the molecule is CC(=O)N(C)C1CCC2(C)C(CCC3C2CCC2(C)C3CCC2C(C)N(C)C)C1. The summed E-state index contributed by atoms with van der Waals surface area (Å²) in [6, 6.07) is 1.18. The van der Waals surface area contributed by atoms with Crippen molar-refractivity contribution in [2.45, 2.75) is 97.6 Å². The third-order valence-corrected chi connectivity index (χ3v) is 11.2. The van der Waals surface area contributed by atoms with Crippen molar-refractivity contribution < 1.29 is 4.79 Å². The predicted octanol–water partition coefficient (Wildman–Crippen LogP) is 5.44. The van der Waals surface area contributed by atoms with Crippen LogP contribution in [0.25, 0.3) is 0 Å². The van der Waals surface area contributed by atoms with E-state index in [1.807, 2.05) is 11.9 Å². The van der Waals surface area contributed by atoms with Gasteiger partial charge in [0.15, 0.2) is 0 Å². The lowest BCUT2D eigenvalue weighted by molar-refractivity contribution is -0.139. The van der Waals surface area contributed by atoms with Crippen LogP contribution in [-0.2, 0) is 4.79 Å². The molecule has 0 saturated heterocycles. The summed E-state index contributed by atoms with van der Waals surface area (Å²) in [6.07, 6.45) is 12.5. The van der Waals surface area contributed by atoms with E-state index >= 15 is 0 Å². The van der Waals surface area contributed by atoms with Gasteiger partial charge >= 0.3 is 0 Å². The first-order valence-corrected chi connectivity index (χ1v) is 12.5. The standard InChI is InChI=1S/C26H46N2O/c1-17(27(5)6)22-10-11-23-21-9-8-19-16-20(28(7)18(2)29)12-14-25(19,3)24(21)13-15-26(22,23)4/h17,19-24H,8-16H2,1-7H3. The van der Waals surface area contributed by atoms with Crippen LogP contribution in [0.4, 0.5) is 0 Å². The summed E-state index contributed by atoms with van der Waals surface area (Å²) >= 11 is 0. The molecule has 4 aliphatic rings. The molecule has 1 amide bonds. The molecule has 9 unspecified atom stereocenters. The van der Waals surface area contributed by atoms with Crippen LogP contribution in [0.3, 0.4) is 0 Å². The van der Waals surface area contributed by atoms with E-state index in [1.54, 1.807) is 6.92 Å². The van der Waals surface area contributed by atoms with E-state index in [1.165, 1.54) is 57.8 Å². The molecule has 0 aliphatic heterocycles. The van der Waals surface area contributed by atoms with Crippen molar-refractivity contribution in [2.75, 3.05) is 21.1 Å². The highest BCUT2D eigenvalue weighted by Crippen LogP contribution is 2.68. The summed E-state index contributed by atoms with van der Waals surface area (Å²) in [5, 5.41) is 0. The molecule has 4 rings (SSSR count). The fourth-order valence-corrected chi connectivity index (χ4v) is 9.04. The number of hydrogen-bond acceptors (Lipinski definition) is 2. The first kappa shape index (κ1) is 21.7. The third kappa shape index (κ3) is 3.29. The van der Waals surface area contributed by atoms with Gasteiger partial charge in [0.2, 0.25) is 5.91 Å². The van der Waals surface area contributed by atoms with Gasteiger partial charge in [-0.05, 0) is 119 Å². The van der Waals surface area contributed by atoms with Crippen LogP contribution in [0.5, 0.6) is 0 Å². The van der Waals surface area contributed by atoms with Crippen molar-refractivity contribution in [2.24, 2.45) is 40.4 Å². The van der Waals surface area contributed by atoms with E-state index in [9.17, 15) is 4.79 Å². The maximum absolute atomic E-state index is 11.9. The highest BCUT2D eigenvalue weighted by atomic mass is 16.2. The average molecular weight is 403 g/mol. The summed E-state index contributed by atoms with van der Waals surface area (Å²) in [7, 11) is 6.57. The predicted molar refractivity (Wildman–Crippen MR) is 121 cm³/mol. The molecule has 3 nitrogen and oxygen atoms in total. The third-order valence-electron chi connectivity index (χ3n) is 11.2. The van der Waals surface area contributed by atoms with Crippen molar-refractivity contribution in [3.8, 4) is 0 Å². The number of carbonyl (C=O) groups is 1. The molecule has 0 spiro atoms. The van der Waals surface area contributed by atoms with E-state index in [0.29, 0.717) is 22.9 Å². The number of fused-ring (bicyclic) bond motifs is 5. The molecular formula is C26H46N2O. The molecule has 29 heavy (non-hydrogen) atoms. The van der Waals surface area contributed by atoms with Gasteiger partial charge in [0, 0.05) is 26.1 Å². The van der Waals surface area contributed by atoms with E-state index in [0.717, 1.165) is 29.6 Å². The van der Waals surface area contributed by atoms with Gasteiger partial charge in [-0.2, -0.15) is 0 Å². The molecule has 0 heterocycles. The molecule has 3 heteroatoms. The van der Waals surface area contributed by atoms with E-state index < -0.39 is 0 Å². The number of rotatable bonds is 3. The van der Waals surface area contributed by atoms with E-state index in [2.05, 4.69) is 39.8 Å². The smallest absolute Gasteiger partial charge is 0.219 e. The van der Waals surface area contributed by atoms with Crippen LogP contribution in [0, 0.1) is 40.4 Å². The Hall–Kier alpha value is -0.570. The number of amides is 1. The van der Waals surface area contributed by atoms with Crippen molar-refractivity contribution in [3.05, 3.63) is 0 Å². The van der Waals surface area contributed by atoms with Crippen molar-refractivity contribution >= 4 is 5.91 Å². The highest BCUT2D eigenvalue weighted by Gasteiger charge is 2.60. The number of nitrogens with zero attached hydrogens (tertiary/aromatic N) is 2. The lowest BCUT2D eigenvalue weighted by Crippen LogP contribution is -2.56. The Bertz CT molecular complexity index is 632. The van der Waals surface area contributed by atoms with Crippen molar-refractivity contribution in [3.63, 3.8) is 0 Å². The molecule has 0 aromatic rings. The summed E-state index contributed by atoms with van der Waals surface area (Å²) in [4.78, 5) is 16.4. The second kappa shape index (κ2) is 7.53. The van der Waals surface area contributed by atoms with Crippen LogP contribution >= 0.6 is 0 Å². The molecule has 4 saturated carbocycles. The average Bonchev–Trinajstić information content (AvgIpc) is 3.03. The van der Waals surface area contributed by atoms with Crippen molar-refractivity contribution in [1.29, 1.82) is 0 Å². The maximum Gasteiger partial charge on any atom is 0.219 e. The second-order valence-corrected chi connectivity index (χ2v) is 12.1. The van der Waals surface area contributed by atoms with Crippen molar-refractivity contribution in [1.82, 2.24) is 9.80 Å². The van der Waals surface area contributed by atoms with Gasteiger partial charge in [0.1, 0.15) is 0 Å². The van der Waals surface area contributed by atoms with Crippen LogP contribution in [0.15, 0.2) is 0 Å². The van der Waals surface area contributed by atoms with Gasteiger partial charge in [-0.3, -0.25) is 4.79 Å². The Labute approximate surface area is 180 Å². The van der Waals surface area contributed by atoms with Gasteiger partial charge in [-0.1, -0.05) is 13.8 Å². The fourth-order valence-electron chi connectivity index (χ4n) is 9.04. The molecule has 4 fully saturated rings. The topological polar surface area (TPSA) is 23.6 Å². The van der Waals surface area contributed by atoms with E-state index in [4.69, 9.17) is 0 Å². The summed E-state index contributed by atoms with van der Waals surface area (Å²) in [6.45, 7) is 9.52. The Morgan fingerprint density at radius 2 is 1.55 bits per heavy atom. The van der Waals surface area contributed by atoms with Crippen LogP contribution in [0.1, 0.15) is 85.5 Å². The summed E-state index contributed by atoms with van der Waals surface area (Å²) < 4.78 is 0. The molecular weight excluding hydrogens is 356 g/mol. The molecule has 0 radical (unpaired) electrons. The maximum atomic E-state index is 11.9. The molecule has 0 aromatic carbocycles. The molecule has 4 aliphatic carbocycles. The van der Waals surface area contributed by atoms with Crippen LogP contribution in [0.2, 0.25) is 0 Å². The van der Waals surface area contributed by atoms with Crippen LogP contribution in [-0.4, -0.2) is 48.9 Å². The summed E-state index contributed by atoms with van der Waals surface area (Å²) in [5.74, 6) is 4.77. The molecule has 9 atom stereocenters. The lowest BCUT2D eigenvalue weighted by atomic mass is 9.44. The monoisotopic (exact) mass is 402 g/mol. The summed E-state index contributed by atoms with van der Waals surface area (Å²) in [5.41, 5.74) is 1.07. The second-order valence-electron chi connectivity index (χ2n) is 12.1. The van der Waals surface area contributed by atoms with E-state index in [-0.39, 0.29) is 5.91 Å². The Balaban J connectivity index is 1.52. The molecule has 0 bridgehead atoms. The van der Waals surface area contributed by atoms with Gasteiger partial charge in [0.05, 0.1) is 0 Å². The molecule has 166 valence electrons. The van der Waals surface area contributed by atoms with Gasteiger partial charge in [0.25, 0.3) is 0 Å². The quantitative estimate of drug-likeness (QED) is 0.627. The number of hydrogen-bond donors (Lipinski definition) is 0. The lowest BCUT2D eigenvalue weighted by Gasteiger charge is -2.62. The number of carbonyl (C=O) groups excluding carboxylic acids is 1. The Morgan fingerprint density at radius 1 is 0.897 bits per heavy atom. The zero-order chi connectivity index (χ0) is 21.1.